The first-order valence-electron chi connectivity index (χ1n) is 12.0. The highest BCUT2D eigenvalue weighted by Gasteiger charge is 2.31. The van der Waals surface area contributed by atoms with E-state index >= 15 is 0 Å². The molecule has 1 aliphatic heterocycles. The molecule has 2 aromatic rings. The molecule has 0 atom stereocenters. The summed E-state index contributed by atoms with van der Waals surface area (Å²) >= 11 is 1.32. The lowest BCUT2D eigenvalue weighted by Gasteiger charge is -2.27. The minimum atomic E-state index is -3.61. The number of sulfonamides is 1. The number of nitrogens with zero attached hydrogens (tertiary/aromatic N) is 3. The van der Waals surface area contributed by atoms with E-state index in [0.29, 0.717) is 43.2 Å². The van der Waals surface area contributed by atoms with Gasteiger partial charge in [-0.15, -0.1) is 11.3 Å². The fourth-order valence-corrected chi connectivity index (χ4v) is 6.32. The van der Waals surface area contributed by atoms with E-state index in [4.69, 9.17) is 0 Å². The molecule has 0 bridgehead atoms. The average molecular weight is 535 g/mol. The van der Waals surface area contributed by atoms with Crippen LogP contribution in [0.3, 0.4) is 0 Å². The Morgan fingerprint density at radius 1 is 1.06 bits per heavy atom. The van der Waals surface area contributed by atoms with Crippen molar-refractivity contribution in [3.05, 3.63) is 45.8 Å². The van der Waals surface area contributed by atoms with Crippen LogP contribution in [0.15, 0.2) is 29.2 Å². The van der Waals surface area contributed by atoms with E-state index in [0.717, 1.165) is 27.6 Å². The molecule has 0 spiro atoms. The predicted molar refractivity (Wildman–Crippen MR) is 141 cm³/mol. The fraction of sp³-hybridized carbons (Fsp3) is 0.480. The van der Waals surface area contributed by atoms with Gasteiger partial charge in [0, 0.05) is 51.1 Å². The van der Waals surface area contributed by atoms with Gasteiger partial charge in [-0.2, -0.15) is 0 Å². The van der Waals surface area contributed by atoms with Crippen LogP contribution in [0, 0.1) is 0 Å². The second-order valence-corrected chi connectivity index (χ2v) is 12.2. The number of carbonyl (C=O) groups excluding carboxylic acids is 3. The molecule has 0 saturated carbocycles. The Hall–Kier alpha value is -2.76. The Labute approximate surface area is 217 Å². The number of fused-ring (bicyclic) bond motifs is 1. The lowest BCUT2D eigenvalue weighted by Crippen LogP contribution is -2.36. The zero-order chi connectivity index (χ0) is 26.6. The summed E-state index contributed by atoms with van der Waals surface area (Å²) in [6, 6.07) is 5.70. The second kappa shape index (κ2) is 11.5. The van der Waals surface area contributed by atoms with Crippen LogP contribution in [0.2, 0.25) is 0 Å². The molecule has 3 amide bonds. The lowest BCUT2D eigenvalue weighted by molar-refractivity contribution is -0.129. The third kappa shape index (κ3) is 5.79. The molecule has 1 N–H and O–H groups in total. The van der Waals surface area contributed by atoms with Gasteiger partial charge in [-0.05, 0) is 49.1 Å². The Balaban J connectivity index is 1.96. The van der Waals surface area contributed by atoms with E-state index in [-0.39, 0.29) is 22.3 Å². The summed E-state index contributed by atoms with van der Waals surface area (Å²) in [5.41, 5.74) is 1.67. The Morgan fingerprint density at radius 2 is 1.67 bits per heavy atom. The van der Waals surface area contributed by atoms with Gasteiger partial charge in [0.1, 0.15) is 5.00 Å². The number of hydrogen-bond donors (Lipinski definition) is 1. The van der Waals surface area contributed by atoms with Crippen LogP contribution in [0.25, 0.3) is 0 Å². The summed E-state index contributed by atoms with van der Waals surface area (Å²) in [5.74, 6) is -0.577. The van der Waals surface area contributed by atoms with Crippen molar-refractivity contribution in [2.45, 2.75) is 51.5 Å². The first kappa shape index (κ1) is 27.8. The quantitative estimate of drug-likeness (QED) is 0.531. The topological polar surface area (TPSA) is 107 Å². The van der Waals surface area contributed by atoms with Crippen molar-refractivity contribution in [3.8, 4) is 0 Å². The largest absolute Gasteiger partial charge is 0.339 e. The number of hydrogen-bond acceptors (Lipinski definition) is 6. The highest BCUT2D eigenvalue weighted by atomic mass is 32.2. The molecule has 0 aliphatic carbocycles. The number of nitrogens with one attached hydrogen (secondary N) is 1. The SMILES string of the molecule is CCCN(CCC)C(=O)c1c(NC(=O)c2ccc(S(=O)(=O)N(C)C)cc2)sc2c1CCN(C(C)=O)C2. The molecular weight excluding hydrogens is 500 g/mol. The van der Waals surface area contributed by atoms with Crippen molar-refractivity contribution in [2.24, 2.45) is 0 Å². The molecule has 1 aliphatic rings. The normalized spacial score (nSPS) is 13.4. The first-order valence-corrected chi connectivity index (χ1v) is 14.3. The summed E-state index contributed by atoms with van der Waals surface area (Å²) in [4.78, 5) is 43.3. The average Bonchev–Trinajstić information content (AvgIpc) is 3.20. The van der Waals surface area contributed by atoms with Crippen LogP contribution in [0.4, 0.5) is 5.00 Å². The zero-order valence-corrected chi connectivity index (χ0v) is 23.1. The molecule has 9 nitrogen and oxygen atoms in total. The summed E-state index contributed by atoms with van der Waals surface area (Å²) < 4.78 is 25.8. The van der Waals surface area contributed by atoms with Crippen LogP contribution < -0.4 is 5.32 Å². The first-order chi connectivity index (χ1) is 17.0. The van der Waals surface area contributed by atoms with Crippen LogP contribution in [-0.4, -0.2) is 74.0 Å². The molecule has 3 rings (SSSR count). The van der Waals surface area contributed by atoms with Crippen molar-refractivity contribution in [1.82, 2.24) is 14.1 Å². The van der Waals surface area contributed by atoms with Gasteiger partial charge in [0.2, 0.25) is 15.9 Å². The monoisotopic (exact) mass is 534 g/mol. The van der Waals surface area contributed by atoms with Gasteiger partial charge in [-0.25, -0.2) is 12.7 Å². The maximum Gasteiger partial charge on any atom is 0.257 e. The van der Waals surface area contributed by atoms with Crippen LogP contribution in [0.5, 0.6) is 0 Å². The number of amides is 3. The maximum atomic E-state index is 13.7. The minimum Gasteiger partial charge on any atom is -0.339 e. The molecule has 36 heavy (non-hydrogen) atoms. The molecule has 1 aromatic heterocycles. The molecule has 0 unspecified atom stereocenters. The summed E-state index contributed by atoms with van der Waals surface area (Å²) in [5, 5.41) is 3.36. The van der Waals surface area contributed by atoms with Crippen LogP contribution >= 0.6 is 11.3 Å². The number of benzene rings is 1. The molecule has 0 radical (unpaired) electrons. The molecule has 1 aromatic carbocycles. The lowest BCUT2D eigenvalue weighted by atomic mass is 10.0. The van der Waals surface area contributed by atoms with Gasteiger partial charge in [0.15, 0.2) is 0 Å². The molecule has 0 fully saturated rings. The smallest absolute Gasteiger partial charge is 0.257 e. The van der Waals surface area contributed by atoms with Crippen molar-refractivity contribution in [3.63, 3.8) is 0 Å². The predicted octanol–water partition coefficient (Wildman–Crippen LogP) is 3.42. The van der Waals surface area contributed by atoms with Crippen molar-refractivity contribution in [2.75, 3.05) is 39.0 Å². The summed E-state index contributed by atoms with van der Waals surface area (Å²) in [7, 11) is -0.720. The Kier molecular flexibility index (Phi) is 8.91. The van der Waals surface area contributed by atoms with Gasteiger partial charge in [0.25, 0.3) is 11.8 Å². The Morgan fingerprint density at radius 3 is 2.19 bits per heavy atom. The number of carbonyl (C=O) groups is 3. The number of anilines is 1. The number of thiophene rings is 1. The molecule has 11 heteroatoms. The van der Waals surface area contributed by atoms with Gasteiger partial charge < -0.3 is 15.1 Å². The zero-order valence-electron chi connectivity index (χ0n) is 21.5. The number of rotatable bonds is 9. The van der Waals surface area contributed by atoms with Crippen molar-refractivity contribution >= 4 is 44.1 Å². The third-order valence-corrected chi connectivity index (χ3v) is 9.07. The van der Waals surface area contributed by atoms with E-state index in [1.807, 2.05) is 18.7 Å². The standard InChI is InChI=1S/C25H34N4O5S2/c1-6-13-28(14-7-2)25(32)22-20-12-15-29(17(3)30)16-21(20)35-24(22)26-23(31)18-8-10-19(11-9-18)36(33,34)27(4)5/h8-11H,6-7,12-16H2,1-5H3,(H,26,31). The van der Waals surface area contributed by atoms with E-state index < -0.39 is 15.9 Å². The second-order valence-electron chi connectivity index (χ2n) is 8.96. The van der Waals surface area contributed by atoms with Crippen LogP contribution in [0.1, 0.15) is 64.8 Å². The maximum absolute atomic E-state index is 13.7. The molecule has 0 saturated heterocycles. The van der Waals surface area contributed by atoms with Gasteiger partial charge in [-0.3, -0.25) is 14.4 Å². The van der Waals surface area contributed by atoms with E-state index in [9.17, 15) is 22.8 Å². The van der Waals surface area contributed by atoms with E-state index in [2.05, 4.69) is 5.32 Å². The fourth-order valence-electron chi connectivity index (χ4n) is 4.16. The molecule has 196 valence electrons. The third-order valence-electron chi connectivity index (χ3n) is 6.11. The van der Waals surface area contributed by atoms with E-state index in [1.54, 1.807) is 4.90 Å². The van der Waals surface area contributed by atoms with E-state index in [1.165, 1.54) is 56.6 Å². The Bertz CT molecular complexity index is 1230. The highest BCUT2D eigenvalue weighted by molar-refractivity contribution is 7.89. The van der Waals surface area contributed by atoms with Gasteiger partial charge in [-0.1, -0.05) is 13.8 Å². The summed E-state index contributed by atoms with van der Waals surface area (Å²) in [6.45, 7) is 7.73. The van der Waals surface area contributed by atoms with Gasteiger partial charge in [0.05, 0.1) is 17.0 Å². The summed E-state index contributed by atoms with van der Waals surface area (Å²) in [6.07, 6.45) is 2.19. The van der Waals surface area contributed by atoms with Crippen molar-refractivity contribution in [1.29, 1.82) is 0 Å². The van der Waals surface area contributed by atoms with Crippen LogP contribution in [-0.2, 0) is 27.8 Å². The molecule has 2 heterocycles. The van der Waals surface area contributed by atoms with Gasteiger partial charge >= 0.3 is 0 Å². The molecular formula is C25H34N4O5S2. The highest BCUT2D eigenvalue weighted by Crippen LogP contribution is 2.38. The van der Waals surface area contributed by atoms with Crippen molar-refractivity contribution < 1.29 is 22.8 Å². The minimum absolute atomic E-state index is 0.0288.